The van der Waals surface area contributed by atoms with Crippen LogP contribution < -0.4 is 5.32 Å². The fraction of sp³-hybridized carbons (Fsp3) is 1.00. The van der Waals surface area contributed by atoms with Crippen LogP contribution in [0.4, 0.5) is 0 Å². The maximum Gasteiger partial charge on any atom is 0.0701 e. The van der Waals surface area contributed by atoms with Crippen molar-refractivity contribution in [3.63, 3.8) is 0 Å². The van der Waals surface area contributed by atoms with Gasteiger partial charge in [-0.3, -0.25) is 0 Å². The molecule has 0 rings (SSSR count). The van der Waals surface area contributed by atoms with Gasteiger partial charge in [-0.25, -0.2) is 0 Å². The van der Waals surface area contributed by atoms with Gasteiger partial charge in [0.2, 0.25) is 0 Å². The number of aliphatic hydroxyl groups is 1. The number of rotatable bonds is 12. The molecule has 0 heterocycles. The van der Waals surface area contributed by atoms with E-state index < -0.39 is 0 Å². The van der Waals surface area contributed by atoms with E-state index in [2.05, 4.69) is 5.32 Å². The van der Waals surface area contributed by atoms with Crippen LogP contribution in [0.3, 0.4) is 0 Å². The van der Waals surface area contributed by atoms with E-state index in [9.17, 15) is 5.11 Å². The second kappa shape index (κ2) is 10.9. The lowest BCUT2D eigenvalue weighted by molar-refractivity contribution is 0.0223. The third-order valence-corrected chi connectivity index (χ3v) is 2.77. The average Bonchev–Trinajstić information content (AvgIpc) is 2.36. The van der Waals surface area contributed by atoms with Gasteiger partial charge in [0.25, 0.3) is 0 Å². The van der Waals surface area contributed by atoms with Crippen LogP contribution in [0.5, 0.6) is 0 Å². The van der Waals surface area contributed by atoms with Crippen LogP contribution in [0.25, 0.3) is 0 Å². The standard InChI is InChI=1S/C12H27NO4/c1-12(11-14,13-2)5-4-6-16-9-10-17-8-7-15-3/h13-14H,4-11H2,1-3H3. The third kappa shape index (κ3) is 9.50. The second-order valence-corrected chi connectivity index (χ2v) is 4.29. The quantitative estimate of drug-likeness (QED) is 0.491. The summed E-state index contributed by atoms with van der Waals surface area (Å²) in [6.07, 6.45) is 1.82. The number of hydrogen-bond donors (Lipinski definition) is 2. The molecule has 0 radical (unpaired) electrons. The summed E-state index contributed by atoms with van der Waals surface area (Å²) < 4.78 is 15.5. The predicted molar refractivity (Wildman–Crippen MR) is 67.3 cm³/mol. The first kappa shape index (κ1) is 16.8. The number of nitrogens with one attached hydrogen (secondary N) is 1. The highest BCUT2D eigenvalue weighted by molar-refractivity contribution is 4.79. The van der Waals surface area contributed by atoms with Gasteiger partial charge in [0, 0.05) is 19.3 Å². The molecule has 104 valence electrons. The summed E-state index contributed by atoms with van der Waals surface area (Å²) in [7, 11) is 3.51. The Morgan fingerprint density at radius 1 is 1.06 bits per heavy atom. The highest BCUT2D eigenvalue weighted by Crippen LogP contribution is 2.10. The second-order valence-electron chi connectivity index (χ2n) is 4.29. The van der Waals surface area contributed by atoms with Crippen molar-refractivity contribution >= 4 is 0 Å². The Balaban J connectivity index is 3.23. The molecule has 5 nitrogen and oxygen atoms in total. The van der Waals surface area contributed by atoms with Crippen molar-refractivity contribution in [1.29, 1.82) is 0 Å². The first-order chi connectivity index (χ1) is 8.18. The van der Waals surface area contributed by atoms with E-state index in [1.165, 1.54) is 0 Å². The van der Waals surface area contributed by atoms with Crippen molar-refractivity contribution in [3.8, 4) is 0 Å². The molecule has 0 fully saturated rings. The molecule has 0 amide bonds. The Kier molecular flexibility index (Phi) is 10.8. The molecule has 1 unspecified atom stereocenters. The zero-order valence-electron chi connectivity index (χ0n) is 11.3. The van der Waals surface area contributed by atoms with E-state index in [4.69, 9.17) is 14.2 Å². The Labute approximate surface area is 104 Å². The molecule has 0 aromatic rings. The highest BCUT2D eigenvalue weighted by atomic mass is 16.5. The van der Waals surface area contributed by atoms with Gasteiger partial charge < -0.3 is 24.6 Å². The summed E-state index contributed by atoms with van der Waals surface area (Å²) >= 11 is 0. The monoisotopic (exact) mass is 249 g/mol. The minimum absolute atomic E-state index is 0.142. The van der Waals surface area contributed by atoms with Gasteiger partial charge in [0.05, 0.1) is 33.0 Å². The molecule has 0 aliphatic carbocycles. The highest BCUT2D eigenvalue weighted by Gasteiger charge is 2.19. The van der Waals surface area contributed by atoms with Crippen molar-refractivity contribution in [1.82, 2.24) is 5.32 Å². The lowest BCUT2D eigenvalue weighted by Crippen LogP contribution is -2.43. The van der Waals surface area contributed by atoms with Gasteiger partial charge >= 0.3 is 0 Å². The SMILES string of the molecule is CNC(C)(CO)CCCOCCOCCOC. The summed E-state index contributed by atoms with van der Waals surface area (Å²) in [6.45, 7) is 5.29. The van der Waals surface area contributed by atoms with E-state index in [1.54, 1.807) is 7.11 Å². The molecule has 5 heteroatoms. The number of methoxy groups -OCH3 is 1. The fourth-order valence-corrected chi connectivity index (χ4v) is 1.31. The molecular weight excluding hydrogens is 222 g/mol. The minimum Gasteiger partial charge on any atom is -0.394 e. The topological polar surface area (TPSA) is 60.0 Å². The zero-order valence-corrected chi connectivity index (χ0v) is 11.3. The van der Waals surface area contributed by atoms with Crippen LogP contribution in [-0.4, -0.2) is 64.4 Å². The minimum atomic E-state index is -0.196. The van der Waals surface area contributed by atoms with Crippen LogP contribution in [0, 0.1) is 0 Å². The molecule has 0 saturated heterocycles. The first-order valence-corrected chi connectivity index (χ1v) is 6.12. The maximum absolute atomic E-state index is 9.17. The van der Waals surface area contributed by atoms with Crippen molar-refractivity contribution in [2.45, 2.75) is 25.3 Å². The molecule has 0 bridgehead atoms. The Bertz CT molecular complexity index is 163. The first-order valence-electron chi connectivity index (χ1n) is 6.12. The summed E-state index contributed by atoms with van der Waals surface area (Å²) in [5.74, 6) is 0. The number of ether oxygens (including phenoxy) is 3. The average molecular weight is 249 g/mol. The summed E-state index contributed by atoms with van der Waals surface area (Å²) in [5.41, 5.74) is -0.196. The lowest BCUT2D eigenvalue weighted by atomic mass is 9.97. The molecule has 0 aliphatic heterocycles. The smallest absolute Gasteiger partial charge is 0.0701 e. The molecule has 0 aromatic heterocycles. The Morgan fingerprint density at radius 2 is 1.65 bits per heavy atom. The maximum atomic E-state index is 9.17. The van der Waals surface area contributed by atoms with Gasteiger partial charge in [0.15, 0.2) is 0 Å². The molecule has 1 atom stereocenters. The number of likely N-dealkylation sites (N-methyl/N-ethyl adjacent to an activating group) is 1. The Hall–Kier alpha value is -0.200. The van der Waals surface area contributed by atoms with Gasteiger partial charge in [-0.15, -0.1) is 0 Å². The van der Waals surface area contributed by atoms with E-state index in [0.717, 1.165) is 12.8 Å². The molecule has 0 saturated carbocycles. The third-order valence-electron chi connectivity index (χ3n) is 2.77. The number of hydrogen-bond acceptors (Lipinski definition) is 5. The van der Waals surface area contributed by atoms with Crippen molar-refractivity contribution in [2.75, 3.05) is 53.8 Å². The number of aliphatic hydroxyl groups excluding tert-OH is 1. The largest absolute Gasteiger partial charge is 0.394 e. The van der Waals surface area contributed by atoms with E-state index >= 15 is 0 Å². The van der Waals surface area contributed by atoms with Crippen molar-refractivity contribution in [3.05, 3.63) is 0 Å². The summed E-state index contributed by atoms with van der Waals surface area (Å²) in [4.78, 5) is 0. The fourth-order valence-electron chi connectivity index (χ4n) is 1.31. The van der Waals surface area contributed by atoms with Crippen LogP contribution in [0.2, 0.25) is 0 Å². The van der Waals surface area contributed by atoms with Crippen molar-refractivity contribution < 1.29 is 19.3 Å². The van der Waals surface area contributed by atoms with Gasteiger partial charge in [0.1, 0.15) is 0 Å². The van der Waals surface area contributed by atoms with Gasteiger partial charge in [-0.1, -0.05) is 0 Å². The summed E-state index contributed by atoms with van der Waals surface area (Å²) in [5, 5.41) is 12.3. The van der Waals surface area contributed by atoms with E-state index in [0.29, 0.717) is 33.0 Å². The van der Waals surface area contributed by atoms with Gasteiger partial charge in [-0.2, -0.15) is 0 Å². The van der Waals surface area contributed by atoms with Crippen LogP contribution in [-0.2, 0) is 14.2 Å². The van der Waals surface area contributed by atoms with Gasteiger partial charge in [-0.05, 0) is 26.8 Å². The summed E-state index contributed by atoms with van der Waals surface area (Å²) in [6, 6.07) is 0. The normalized spacial score (nSPS) is 14.8. The predicted octanol–water partition coefficient (Wildman–Crippen LogP) is 0.417. The molecular formula is C12H27NO4. The molecule has 0 spiro atoms. The van der Waals surface area contributed by atoms with Crippen LogP contribution in [0.1, 0.15) is 19.8 Å². The molecule has 2 N–H and O–H groups in total. The molecule has 17 heavy (non-hydrogen) atoms. The van der Waals surface area contributed by atoms with Crippen LogP contribution in [0.15, 0.2) is 0 Å². The van der Waals surface area contributed by atoms with E-state index in [-0.39, 0.29) is 12.1 Å². The zero-order chi connectivity index (χ0) is 13.0. The Morgan fingerprint density at radius 3 is 2.18 bits per heavy atom. The lowest BCUT2D eigenvalue weighted by Gasteiger charge is -2.26. The van der Waals surface area contributed by atoms with Crippen molar-refractivity contribution in [2.24, 2.45) is 0 Å². The van der Waals surface area contributed by atoms with Crippen LogP contribution >= 0.6 is 0 Å². The van der Waals surface area contributed by atoms with E-state index in [1.807, 2.05) is 14.0 Å². The molecule has 0 aromatic carbocycles. The molecule has 0 aliphatic rings.